The Labute approximate surface area is 168 Å². The summed E-state index contributed by atoms with van der Waals surface area (Å²) in [5.41, 5.74) is 3.68. The molecule has 0 fully saturated rings. The number of nitro benzene ring substituents is 1. The van der Waals surface area contributed by atoms with Crippen LogP contribution in [0.4, 0.5) is 11.4 Å². The van der Waals surface area contributed by atoms with Crippen LogP contribution in [-0.4, -0.2) is 23.9 Å². The van der Waals surface area contributed by atoms with Crippen molar-refractivity contribution in [2.75, 3.05) is 12.0 Å². The largest absolute Gasteiger partial charge is 0.465 e. The number of anilines is 1. The number of allylic oxidation sites excluding steroid dienone is 1. The summed E-state index contributed by atoms with van der Waals surface area (Å²) in [5.74, 6) is -1.03. The van der Waals surface area contributed by atoms with E-state index in [1.165, 1.54) is 36.3 Å². The molecule has 0 bridgehead atoms. The van der Waals surface area contributed by atoms with E-state index in [1.54, 1.807) is 13.0 Å². The fourth-order valence-electron chi connectivity index (χ4n) is 3.47. The van der Waals surface area contributed by atoms with Crippen molar-refractivity contribution in [3.05, 3.63) is 86.1 Å². The lowest BCUT2D eigenvalue weighted by atomic mass is 10.0. The minimum Gasteiger partial charge on any atom is -0.465 e. The first-order chi connectivity index (χ1) is 13.7. The van der Waals surface area contributed by atoms with E-state index in [9.17, 15) is 19.7 Å². The molecule has 0 unspecified atom stereocenters. The molecule has 3 rings (SSSR count). The second kappa shape index (κ2) is 7.71. The summed E-state index contributed by atoms with van der Waals surface area (Å²) in [7, 11) is 1.25. The maximum atomic E-state index is 13.3. The predicted molar refractivity (Wildman–Crippen MR) is 109 cm³/mol. The molecule has 29 heavy (non-hydrogen) atoms. The number of carbonyl (C=O) groups is 2. The number of rotatable bonds is 4. The van der Waals surface area contributed by atoms with Crippen LogP contribution in [0.1, 0.15) is 23.6 Å². The fraction of sp³-hybridized carbons (Fsp3) is 0.182. The Morgan fingerprint density at radius 3 is 2.34 bits per heavy atom. The van der Waals surface area contributed by atoms with Crippen LogP contribution in [0.2, 0.25) is 0 Å². The molecule has 0 N–H and O–H groups in total. The van der Waals surface area contributed by atoms with E-state index in [0.29, 0.717) is 16.9 Å². The number of ether oxygens (including phenoxy) is 1. The highest BCUT2D eigenvalue weighted by Crippen LogP contribution is 2.36. The highest BCUT2D eigenvalue weighted by Gasteiger charge is 2.38. The van der Waals surface area contributed by atoms with E-state index in [1.807, 2.05) is 32.0 Å². The number of nitro groups is 1. The third-order valence-electron chi connectivity index (χ3n) is 4.65. The van der Waals surface area contributed by atoms with Gasteiger partial charge in [-0.25, -0.2) is 4.79 Å². The standard InChI is InChI=1S/C22H20N2O5/c1-13-8-14(2)10-18(9-13)23-15(3)20(22(26)29-4)19(21(23)25)12-16-6-5-7-17(11-16)24(27)28/h5-12H,1-4H3/b19-12-. The number of methoxy groups -OCH3 is 1. The van der Waals surface area contributed by atoms with Crippen LogP contribution in [0.15, 0.2) is 59.3 Å². The highest BCUT2D eigenvalue weighted by atomic mass is 16.6. The van der Waals surface area contributed by atoms with Crippen molar-refractivity contribution >= 4 is 29.3 Å². The molecule has 0 spiro atoms. The Hall–Kier alpha value is -3.74. The Bertz CT molecular complexity index is 1080. The van der Waals surface area contributed by atoms with Crippen molar-refractivity contribution in [1.29, 1.82) is 0 Å². The number of esters is 1. The molecular formula is C22H20N2O5. The average Bonchev–Trinajstić information content (AvgIpc) is 2.90. The van der Waals surface area contributed by atoms with Gasteiger partial charge in [0.2, 0.25) is 0 Å². The van der Waals surface area contributed by atoms with Gasteiger partial charge in [0.1, 0.15) is 0 Å². The molecule has 0 radical (unpaired) electrons. The van der Waals surface area contributed by atoms with Gasteiger partial charge in [-0.2, -0.15) is 0 Å². The van der Waals surface area contributed by atoms with Crippen LogP contribution in [-0.2, 0) is 14.3 Å². The molecule has 0 saturated carbocycles. The smallest absolute Gasteiger partial charge is 0.340 e. The molecule has 2 aromatic rings. The van der Waals surface area contributed by atoms with Gasteiger partial charge in [-0.15, -0.1) is 0 Å². The van der Waals surface area contributed by atoms with Crippen LogP contribution in [0.25, 0.3) is 6.08 Å². The highest BCUT2D eigenvalue weighted by molar-refractivity contribution is 6.23. The number of non-ortho nitro benzene ring substituents is 1. The van der Waals surface area contributed by atoms with Gasteiger partial charge in [0.25, 0.3) is 11.6 Å². The number of hydrogen-bond donors (Lipinski definition) is 0. The molecule has 1 aliphatic rings. The average molecular weight is 392 g/mol. The summed E-state index contributed by atoms with van der Waals surface area (Å²) in [5, 5.41) is 11.1. The third-order valence-corrected chi connectivity index (χ3v) is 4.65. The molecule has 0 aliphatic carbocycles. The zero-order valence-electron chi connectivity index (χ0n) is 16.6. The monoisotopic (exact) mass is 392 g/mol. The van der Waals surface area contributed by atoms with Gasteiger partial charge in [0.05, 0.1) is 23.2 Å². The molecule has 7 nitrogen and oxygen atoms in total. The molecule has 1 amide bonds. The van der Waals surface area contributed by atoms with E-state index in [-0.39, 0.29) is 22.7 Å². The summed E-state index contributed by atoms with van der Waals surface area (Å²) in [6.07, 6.45) is 1.48. The zero-order valence-corrected chi connectivity index (χ0v) is 16.6. The van der Waals surface area contributed by atoms with Crippen LogP contribution >= 0.6 is 0 Å². The van der Waals surface area contributed by atoms with Gasteiger partial charge in [-0.05, 0) is 55.7 Å². The van der Waals surface area contributed by atoms with E-state index >= 15 is 0 Å². The Kier molecular flexibility index (Phi) is 5.32. The first-order valence-corrected chi connectivity index (χ1v) is 8.91. The second-order valence-electron chi connectivity index (χ2n) is 6.85. The quantitative estimate of drug-likeness (QED) is 0.338. The molecule has 2 aromatic carbocycles. The summed E-state index contributed by atoms with van der Waals surface area (Å²) >= 11 is 0. The summed E-state index contributed by atoms with van der Waals surface area (Å²) in [6, 6.07) is 11.6. The van der Waals surface area contributed by atoms with E-state index in [2.05, 4.69) is 0 Å². The predicted octanol–water partition coefficient (Wildman–Crippen LogP) is 4.09. The maximum absolute atomic E-state index is 13.3. The summed E-state index contributed by atoms with van der Waals surface area (Å²) < 4.78 is 4.89. The van der Waals surface area contributed by atoms with Gasteiger partial charge in [0, 0.05) is 23.5 Å². The number of benzene rings is 2. The second-order valence-corrected chi connectivity index (χ2v) is 6.85. The Balaban J connectivity index is 2.17. The number of hydrogen-bond acceptors (Lipinski definition) is 5. The number of nitrogens with zero attached hydrogens (tertiary/aromatic N) is 2. The third kappa shape index (κ3) is 3.80. The van der Waals surface area contributed by atoms with E-state index in [0.717, 1.165) is 11.1 Å². The fourth-order valence-corrected chi connectivity index (χ4v) is 3.47. The molecule has 0 aromatic heterocycles. The van der Waals surface area contributed by atoms with Crippen molar-refractivity contribution in [2.24, 2.45) is 0 Å². The van der Waals surface area contributed by atoms with Crippen LogP contribution in [0, 0.1) is 24.0 Å². The summed E-state index contributed by atoms with van der Waals surface area (Å²) in [6.45, 7) is 5.53. The van der Waals surface area contributed by atoms with Gasteiger partial charge in [0.15, 0.2) is 0 Å². The van der Waals surface area contributed by atoms with Crippen molar-refractivity contribution < 1.29 is 19.2 Å². The Morgan fingerprint density at radius 1 is 1.10 bits per heavy atom. The van der Waals surface area contributed by atoms with Crippen LogP contribution in [0.3, 0.4) is 0 Å². The lowest BCUT2D eigenvalue weighted by Crippen LogP contribution is -2.24. The van der Waals surface area contributed by atoms with Crippen molar-refractivity contribution in [2.45, 2.75) is 20.8 Å². The van der Waals surface area contributed by atoms with E-state index < -0.39 is 10.9 Å². The SMILES string of the molecule is COC(=O)C1=C(C)N(c2cc(C)cc(C)c2)C(=O)/C1=C\c1cccc([N+](=O)[O-])c1. The molecule has 1 aliphatic heterocycles. The van der Waals surface area contributed by atoms with Crippen molar-refractivity contribution in [1.82, 2.24) is 0 Å². The van der Waals surface area contributed by atoms with Crippen LogP contribution < -0.4 is 4.90 Å². The molecule has 1 heterocycles. The lowest BCUT2D eigenvalue weighted by molar-refractivity contribution is -0.384. The minimum absolute atomic E-state index is 0.101. The zero-order chi connectivity index (χ0) is 21.3. The molecular weight excluding hydrogens is 372 g/mol. The minimum atomic E-state index is -0.639. The number of carbonyl (C=O) groups excluding carboxylic acids is 2. The van der Waals surface area contributed by atoms with Crippen molar-refractivity contribution in [3.63, 3.8) is 0 Å². The normalized spacial score (nSPS) is 15.2. The number of aryl methyl sites for hydroxylation is 2. The number of amides is 1. The van der Waals surface area contributed by atoms with Gasteiger partial charge in [-0.1, -0.05) is 18.2 Å². The van der Waals surface area contributed by atoms with Crippen LogP contribution in [0.5, 0.6) is 0 Å². The molecule has 0 saturated heterocycles. The maximum Gasteiger partial charge on any atom is 0.340 e. The first kappa shape index (κ1) is 20.0. The molecule has 0 atom stereocenters. The first-order valence-electron chi connectivity index (χ1n) is 8.91. The van der Waals surface area contributed by atoms with Gasteiger partial charge in [-0.3, -0.25) is 19.8 Å². The molecule has 7 heteroatoms. The van der Waals surface area contributed by atoms with Gasteiger partial charge < -0.3 is 4.74 Å². The Morgan fingerprint density at radius 2 is 1.76 bits per heavy atom. The van der Waals surface area contributed by atoms with Gasteiger partial charge >= 0.3 is 5.97 Å². The van der Waals surface area contributed by atoms with E-state index in [4.69, 9.17) is 4.74 Å². The topological polar surface area (TPSA) is 89.8 Å². The summed E-state index contributed by atoms with van der Waals surface area (Å²) in [4.78, 5) is 37.7. The lowest BCUT2D eigenvalue weighted by Gasteiger charge is -2.19. The van der Waals surface area contributed by atoms with Crippen molar-refractivity contribution in [3.8, 4) is 0 Å². The molecule has 148 valence electrons.